The van der Waals surface area contributed by atoms with E-state index in [4.69, 9.17) is 17.3 Å². The van der Waals surface area contributed by atoms with Gasteiger partial charge in [-0.2, -0.15) is 5.10 Å². The minimum atomic E-state index is -0.158. The van der Waals surface area contributed by atoms with Crippen LogP contribution in [0.2, 0.25) is 0 Å². The summed E-state index contributed by atoms with van der Waals surface area (Å²) < 4.78 is 2.07. The Bertz CT molecular complexity index is 678. The van der Waals surface area contributed by atoms with E-state index in [9.17, 15) is 4.79 Å². The monoisotopic (exact) mass is 306 g/mol. The van der Waals surface area contributed by atoms with Crippen molar-refractivity contribution in [3.63, 3.8) is 0 Å². The van der Waals surface area contributed by atoms with Crippen molar-refractivity contribution < 1.29 is 9.90 Å². The largest absolute Gasteiger partial charge is 0.396 e. The number of carbonyl (C=O) groups excluding carboxylic acids is 1. The number of benzene rings is 1. The van der Waals surface area contributed by atoms with Crippen LogP contribution in [0.25, 0.3) is 11.4 Å². The Morgan fingerprint density at radius 3 is 3.05 bits per heavy atom. The van der Waals surface area contributed by atoms with Gasteiger partial charge in [-0.05, 0) is 31.6 Å². The fourth-order valence-corrected chi connectivity index (χ4v) is 2.17. The minimum Gasteiger partial charge on any atom is -0.396 e. The molecule has 3 N–H and O–H groups in total. The standard InChI is InChI=1S/C14H18N4O2S/c1-10-4-2-5-11(8-10)13-16-17-14(21)18(13)9-12(20)15-6-3-7-19/h2,4-5,8,19H,3,6-7,9H2,1H3,(H,15,20)(H,17,21). The molecule has 0 spiro atoms. The number of aryl methyl sites for hydroxylation is 1. The second-order valence-corrected chi connectivity index (χ2v) is 5.12. The molecule has 112 valence electrons. The average molecular weight is 306 g/mol. The third-order valence-electron chi connectivity index (χ3n) is 2.99. The lowest BCUT2D eigenvalue weighted by atomic mass is 10.1. The van der Waals surface area contributed by atoms with Gasteiger partial charge in [-0.3, -0.25) is 14.5 Å². The molecule has 6 nitrogen and oxygen atoms in total. The van der Waals surface area contributed by atoms with E-state index in [1.54, 1.807) is 4.57 Å². The van der Waals surface area contributed by atoms with Crippen LogP contribution in [-0.2, 0) is 11.3 Å². The molecule has 0 aliphatic carbocycles. The predicted molar refractivity (Wildman–Crippen MR) is 82.3 cm³/mol. The smallest absolute Gasteiger partial charge is 0.240 e. The summed E-state index contributed by atoms with van der Waals surface area (Å²) in [6.45, 7) is 2.60. The number of rotatable bonds is 6. The highest BCUT2D eigenvalue weighted by atomic mass is 32.1. The maximum atomic E-state index is 11.9. The molecule has 2 rings (SSSR count). The molecule has 0 unspecified atom stereocenters. The highest BCUT2D eigenvalue weighted by Crippen LogP contribution is 2.18. The molecule has 0 radical (unpaired) electrons. The predicted octanol–water partition coefficient (Wildman–Crippen LogP) is 1.41. The summed E-state index contributed by atoms with van der Waals surface area (Å²) in [6, 6.07) is 7.86. The molecule has 1 heterocycles. The van der Waals surface area contributed by atoms with Crippen molar-refractivity contribution in [2.24, 2.45) is 0 Å². The first-order valence-corrected chi connectivity index (χ1v) is 7.12. The van der Waals surface area contributed by atoms with Crippen LogP contribution in [0, 0.1) is 11.7 Å². The topological polar surface area (TPSA) is 82.9 Å². The summed E-state index contributed by atoms with van der Waals surface area (Å²) in [7, 11) is 0. The van der Waals surface area contributed by atoms with Crippen LogP contribution in [0.3, 0.4) is 0 Å². The molecule has 1 aromatic heterocycles. The molecule has 0 aliphatic rings. The molecule has 7 heteroatoms. The van der Waals surface area contributed by atoms with E-state index in [0.717, 1.165) is 11.1 Å². The van der Waals surface area contributed by atoms with Gasteiger partial charge in [-0.15, -0.1) is 0 Å². The number of carbonyl (C=O) groups is 1. The zero-order valence-corrected chi connectivity index (χ0v) is 12.6. The average Bonchev–Trinajstić information content (AvgIpc) is 2.81. The van der Waals surface area contributed by atoms with E-state index in [0.29, 0.717) is 23.6 Å². The number of amides is 1. The van der Waals surface area contributed by atoms with Gasteiger partial charge < -0.3 is 10.4 Å². The second kappa shape index (κ2) is 7.14. The first kappa shape index (κ1) is 15.4. The number of aromatic nitrogens is 3. The third-order valence-corrected chi connectivity index (χ3v) is 3.30. The van der Waals surface area contributed by atoms with E-state index in [2.05, 4.69) is 15.5 Å². The first-order chi connectivity index (χ1) is 10.1. The molecular weight excluding hydrogens is 288 g/mol. The number of hydrogen-bond donors (Lipinski definition) is 3. The lowest BCUT2D eigenvalue weighted by Gasteiger charge is -2.08. The number of nitrogens with zero attached hydrogens (tertiary/aromatic N) is 2. The lowest BCUT2D eigenvalue weighted by Crippen LogP contribution is -2.29. The molecule has 1 amide bonds. The van der Waals surface area contributed by atoms with Crippen LogP contribution in [-0.4, -0.2) is 38.9 Å². The minimum absolute atomic E-state index is 0.0555. The fraction of sp³-hybridized carbons (Fsp3) is 0.357. The Balaban J connectivity index is 2.19. The van der Waals surface area contributed by atoms with Crippen molar-refractivity contribution in [1.29, 1.82) is 0 Å². The van der Waals surface area contributed by atoms with Gasteiger partial charge in [0.2, 0.25) is 5.91 Å². The Hall–Kier alpha value is -1.99. The van der Waals surface area contributed by atoms with Crippen molar-refractivity contribution in [3.05, 3.63) is 34.6 Å². The quantitative estimate of drug-likeness (QED) is 0.557. The zero-order chi connectivity index (χ0) is 15.2. The van der Waals surface area contributed by atoms with Gasteiger partial charge in [-0.25, -0.2) is 0 Å². The highest BCUT2D eigenvalue weighted by Gasteiger charge is 2.12. The normalized spacial score (nSPS) is 10.6. The van der Waals surface area contributed by atoms with Gasteiger partial charge in [0.15, 0.2) is 10.6 Å². The third kappa shape index (κ3) is 3.99. The summed E-state index contributed by atoms with van der Waals surface area (Å²) >= 11 is 5.18. The Morgan fingerprint density at radius 1 is 1.52 bits per heavy atom. The number of aliphatic hydroxyl groups excluding tert-OH is 1. The van der Waals surface area contributed by atoms with Gasteiger partial charge in [0.25, 0.3) is 0 Å². The molecule has 0 bridgehead atoms. The first-order valence-electron chi connectivity index (χ1n) is 6.71. The number of hydrogen-bond acceptors (Lipinski definition) is 4. The van der Waals surface area contributed by atoms with Crippen molar-refractivity contribution in [1.82, 2.24) is 20.1 Å². The Labute approximate surface area is 127 Å². The van der Waals surface area contributed by atoms with Crippen LogP contribution in [0.1, 0.15) is 12.0 Å². The van der Waals surface area contributed by atoms with Crippen molar-refractivity contribution in [2.45, 2.75) is 19.9 Å². The lowest BCUT2D eigenvalue weighted by molar-refractivity contribution is -0.121. The van der Waals surface area contributed by atoms with Crippen LogP contribution >= 0.6 is 12.2 Å². The molecule has 1 aromatic carbocycles. The summed E-state index contributed by atoms with van der Waals surface area (Å²) in [5.74, 6) is 0.482. The van der Waals surface area contributed by atoms with Crippen LogP contribution < -0.4 is 5.32 Å². The Kier molecular flexibility index (Phi) is 5.24. The summed E-state index contributed by atoms with van der Waals surface area (Å²) in [5.41, 5.74) is 2.02. The number of H-pyrrole nitrogens is 1. The van der Waals surface area contributed by atoms with E-state index < -0.39 is 0 Å². The molecule has 0 aliphatic heterocycles. The van der Waals surface area contributed by atoms with Crippen molar-refractivity contribution in [2.75, 3.05) is 13.2 Å². The van der Waals surface area contributed by atoms with E-state index >= 15 is 0 Å². The van der Waals surface area contributed by atoms with Crippen LogP contribution in [0.15, 0.2) is 24.3 Å². The molecule has 0 saturated heterocycles. The van der Waals surface area contributed by atoms with E-state index in [1.165, 1.54) is 0 Å². The molecular formula is C14H18N4O2S. The van der Waals surface area contributed by atoms with E-state index in [1.807, 2.05) is 31.2 Å². The van der Waals surface area contributed by atoms with Crippen LogP contribution in [0.4, 0.5) is 0 Å². The number of aliphatic hydroxyl groups is 1. The highest BCUT2D eigenvalue weighted by molar-refractivity contribution is 7.71. The van der Waals surface area contributed by atoms with Crippen molar-refractivity contribution >= 4 is 18.1 Å². The van der Waals surface area contributed by atoms with Gasteiger partial charge >= 0.3 is 0 Å². The maximum absolute atomic E-state index is 11.9. The number of aromatic amines is 1. The molecule has 0 fully saturated rings. The van der Waals surface area contributed by atoms with Crippen molar-refractivity contribution in [3.8, 4) is 11.4 Å². The Morgan fingerprint density at radius 2 is 2.33 bits per heavy atom. The van der Waals surface area contributed by atoms with Crippen LogP contribution in [0.5, 0.6) is 0 Å². The maximum Gasteiger partial charge on any atom is 0.240 e. The van der Waals surface area contributed by atoms with Gasteiger partial charge in [-0.1, -0.05) is 23.8 Å². The molecule has 21 heavy (non-hydrogen) atoms. The second-order valence-electron chi connectivity index (χ2n) is 4.74. The molecule has 2 aromatic rings. The summed E-state index contributed by atoms with van der Waals surface area (Å²) in [6.07, 6.45) is 0.535. The molecule has 0 atom stereocenters. The van der Waals surface area contributed by atoms with Gasteiger partial charge in [0, 0.05) is 18.7 Å². The number of nitrogens with one attached hydrogen (secondary N) is 2. The summed E-state index contributed by atoms with van der Waals surface area (Å²) in [5, 5.41) is 18.4. The van der Waals surface area contributed by atoms with E-state index in [-0.39, 0.29) is 19.1 Å². The van der Waals surface area contributed by atoms with Gasteiger partial charge in [0.1, 0.15) is 6.54 Å². The zero-order valence-electron chi connectivity index (χ0n) is 11.8. The fourth-order valence-electron chi connectivity index (χ4n) is 1.98. The molecule has 0 saturated carbocycles. The SMILES string of the molecule is Cc1cccc(-c2n[nH]c(=S)n2CC(=O)NCCCO)c1. The summed E-state index contributed by atoms with van der Waals surface area (Å²) in [4.78, 5) is 11.9. The van der Waals surface area contributed by atoms with Gasteiger partial charge in [0.05, 0.1) is 0 Å².